The van der Waals surface area contributed by atoms with E-state index in [1.54, 1.807) is 0 Å². The van der Waals surface area contributed by atoms with Gasteiger partial charge in [0.25, 0.3) is 5.91 Å². The molecule has 0 saturated carbocycles. The summed E-state index contributed by atoms with van der Waals surface area (Å²) in [6.45, 7) is 0. The summed E-state index contributed by atoms with van der Waals surface area (Å²) in [6.07, 6.45) is -4.56. The van der Waals surface area contributed by atoms with Crippen molar-refractivity contribution in [2.45, 2.75) is 6.18 Å². The van der Waals surface area contributed by atoms with Crippen LogP contribution in [0.3, 0.4) is 0 Å². The number of anilines is 2. The Kier molecular flexibility index (Phi) is 3.84. The number of hydrogen-bond acceptors (Lipinski definition) is 2. The van der Waals surface area contributed by atoms with E-state index in [0.717, 1.165) is 12.1 Å². The van der Waals surface area contributed by atoms with Crippen LogP contribution in [0.4, 0.5) is 28.9 Å². The number of nitrogen functional groups attached to an aromatic ring is 1. The van der Waals surface area contributed by atoms with Gasteiger partial charge in [-0.15, -0.1) is 0 Å². The third-order valence-corrected chi connectivity index (χ3v) is 2.73. The number of amides is 1. The molecule has 3 N–H and O–H groups in total. The van der Waals surface area contributed by atoms with Gasteiger partial charge in [0.15, 0.2) is 5.82 Å². The lowest BCUT2D eigenvalue weighted by molar-refractivity contribution is -0.137. The fraction of sp³-hybridized carbons (Fsp3) is 0.0714. The molecule has 0 saturated heterocycles. The van der Waals surface area contributed by atoms with Gasteiger partial charge in [0.2, 0.25) is 0 Å². The van der Waals surface area contributed by atoms with Crippen molar-refractivity contribution in [1.82, 2.24) is 0 Å². The van der Waals surface area contributed by atoms with Crippen molar-refractivity contribution in [3.05, 3.63) is 59.4 Å². The van der Waals surface area contributed by atoms with Crippen molar-refractivity contribution in [3.63, 3.8) is 0 Å². The van der Waals surface area contributed by atoms with Gasteiger partial charge in [0, 0.05) is 5.56 Å². The van der Waals surface area contributed by atoms with Gasteiger partial charge in [-0.1, -0.05) is 12.1 Å². The van der Waals surface area contributed by atoms with E-state index in [4.69, 9.17) is 5.73 Å². The van der Waals surface area contributed by atoms with E-state index >= 15 is 0 Å². The molecular formula is C14H10F4N2O. The van der Waals surface area contributed by atoms with E-state index in [1.807, 2.05) is 0 Å². The summed E-state index contributed by atoms with van der Waals surface area (Å²) in [6, 6.07) is 7.83. The highest BCUT2D eigenvalue weighted by molar-refractivity contribution is 6.04. The van der Waals surface area contributed by atoms with Crippen LogP contribution in [0.1, 0.15) is 15.9 Å². The molecule has 0 atom stereocenters. The lowest BCUT2D eigenvalue weighted by Crippen LogP contribution is -2.15. The van der Waals surface area contributed by atoms with Gasteiger partial charge in [-0.3, -0.25) is 4.79 Å². The monoisotopic (exact) mass is 298 g/mol. The number of carbonyl (C=O) groups is 1. The normalized spacial score (nSPS) is 11.2. The smallest absolute Gasteiger partial charge is 0.396 e. The Morgan fingerprint density at radius 2 is 1.76 bits per heavy atom. The molecule has 1 amide bonds. The average molecular weight is 298 g/mol. The summed E-state index contributed by atoms with van der Waals surface area (Å²) < 4.78 is 51.3. The number of carbonyl (C=O) groups excluding carboxylic acids is 1. The van der Waals surface area contributed by atoms with Crippen LogP contribution in [-0.2, 0) is 6.18 Å². The van der Waals surface area contributed by atoms with E-state index in [-0.39, 0.29) is 16.9 Å². The first kappa shape index (κ1) is 14.8. The van der Waals surface area contributed by atoms with E-state index in [0.29, 0.717) is 6.07 Å². The minimum atomic E-state index is -4.56. The van der Waals surface area contributed by atoms with Crippen molar-refractivity contribution < 1.29 is 22.4 Å². The molecule has 0 unspecified atom stereocenters. The van der Waals surface area contributed by atoms with Gasteiger partial charge in [0.1, 0.15) is 0 Å². The Morgan fingerprint density at radius 3 is 2.43 bits per heavy atom. The fourth-order valence-electron chi connectivity index (χ4n) is 1.68. The third-order valence-electron chi connectivity index (χ3n) is 2.73. The molecule has 0 aliphatic rings. The summed E-state index contributed by atoms with van der Waals surface area (Å²) in [5.41, 5.74) is 3.79. The van der Waals surface area contributed by atoms with Gasteiger partial charge < -0.3 is 11.1 Å². The largest absolute Gasteiger partial charge is 0.416 e. The number of rotatable bonds is 2. The van der Waals surface area contributed by atoms with E-state index in [2.05, 4.69) is 5.32 Å². The number of alkyl halides is 3. The van der Waals surface area contributed by atoms with Crippen LogP contribution < -0.4 is 11.1 Å². The number of hydrogen-bond donors (Lipinski definition) is 2. The number of benzene rings is 2. The predicted molar refractivity (Wildman–Crippen MR) is 70.2 cm³/mol. The first-order chi connectivity index (χ1) is 9.79. The van der Waals surface area contributed by atoms with Gasteiger partial charge in [-0.2, -0.15) is 13.2 Å². The molecule has 0 spiro atoms. The molecular weight excluding hydrogens is 288 g/mol. The Balaban J connectivity index is 2.27. The molecule has 2 aromatic carbocycles. The standard InChI is InChI=1S/C14H10F4N2O/c15-12-10(19)5-2-6-11(12)20-13(21)8-3-1-4-9(7-8)14(16,17)18/h1-7H,19H2,(H,20,21). The predicted octanol–water partition coefficient (Wildman–Crippen LogP) is 3.68. The summed E-state index contributed by atoms with van der Waals surface area (Å²) >= 11 is 0. The van der Waals surface area contributed by atoms with Crippen LogP contribution in [0.5, 0.6) is 0 Å². The maximum atomic E-state index is 13.6. The van der Waals surface area contributed by atoms with Crippen LogP contribution in [0.15, 0.2) is 42.5 Å². The third kappa shape index (κ3) is 3.31. The second kappa shape index (κ2) is 5.43. The summed E-state index contributed by atoms with van der Waals surface area (Å²) in [5, 5.41) is 2.18. The van der Waals surface area contributed by atoms with E-state index in [1.165, 1.54) is 24.3 Å². The molecule has 2 aromatic rings. The lowest BCUT2D eigenvalue weighted by Gasteiger charge is -2.10. The molecule has 0 aromatic heterocycles. The van der Waals surface area contributed by atoms with Crippen LogP contribution in [-0.4, -0.2) is 5.91 Å². The zero-order valence-corrected chi connectivity index (χ0v) is 10.5. The molecule has 0 fully saturated rings. The zero-order valence-electron chi connectivity index (χ0n) is 10.5. The number of halogens is 4. The minimum absolute atomic E-state index is 0.170. The molecule has 3 nitrogen and oxygen atoms in total. The highest BCUT2D eigenvalue weighted by Gasteiger charge is 2.30. The second-order valence-corrected chi connectivity index (χ2v) is 4.24. The van der Waals surface area contributed by atoms with Gasteiger partial charge in [0.05, 0.1) is 16.9 Å². The molecule has 110 valence electrons. The molecule has 0 heterocycles. The zero-order chi connectivity index (χ0) is 15.6. The highest BCUT2D eigenvalue weighted by atomic mass is 19.4. The van der Waals surface area contributed by atoms with E-state index in [9.17, 15) is 22.4 Å². The highest BCUT2D eigenvalue weighted by Crippen LogP contribution is 2.29. The van der Waals surface area contributed by atoms with Crippen LogP contribution >= 0.6 is 0 Å². The van der Waals surface area contributed by atoms with Gasteiger partial charge in [-0.05, 0) is 30.3 Å². The summed E-state index contributed by atoms with van der Waals surface area (Å²) in [5.74, 6) is -1.69. The van der Waals surface area contributed by atoms with Crippen LogP contribution in [0.25, 0.3) is 0 Å². The number of nitrogens with one attached hydrogen (secondary N) is 1. The van der Waals surface area contributed by atoms with Gasteiger partial charge >= 0.3 is 6.18 Å². The molecule has 21 heavy (non-hydrogen) atoms. The second-order valence-electron chi connectivity index (χ2n) is 4.24. The average Bonchev–Trinajstić information content (AvgIpc) is 2.43. The lowest BCUT2D eigenvalue weighted by atomic mass is 10.1. The summed E-state index contributed by atoms with van der Waals surface area (Å²) in [7, 11) is 0. The maximum absolute atomic E-state index is 13.6. The Labute approximate surface area is 117 Å². The Bertz CT molecular complexity index is 683. The van der Waals surface area contributed by atoms with E-state index < -0.39 is 23.5 Å². The first-order valence-corrected chi connectivity index (χ1v) is 5.81. The molecule has 0 bridgehead atoms. The quantitative estimate of drug-likeness (QED) is 0.656. The maximum Gasteiger partial charge on any atom is 0.416 e. The van der Waals surface area contributed by atoms with Crippen molar-refractivity contribution in [2.75, 3.05) is 11.1 Å². The van der Waals surface area contributed by atoms with Crippen molar-refractivity contribution >= 4 is 17.3 Å². The van der Waals surface area contributed by atoms with Gasteiger partial charge in [-0.25, -0.2) is 4.39 Å². The molecule has 0 aliphatic heterocycles. The minimum Gasteiger partial charge on any atom is -0.396 e. The summed E-state index contributed by atoms with van der Waals surface area (Å²) in [4.78, 5) is 11.9. The van der Waals surface area contributed by atoms with Crippen molar-refractivity contribution in [1.29, 1.82) is 0 Å². The first-order valence-electron chi connectivity index (χ1n) is 5.81. The molecule has 7 heteroatoms. The SMILES string of the molecule is Nc1cccc(NC(=O)c2cccc(C(F)(F)F)c2)c1F. The van der Waals surface area contributed by atoms with Crippen LogP contribution in [0.2, 0.25) is 0 Å². The van der Waals surface area contributed by atoms with Crippen molar-refractivity contribution in [3.8, 4) is 0 Å². The molecule has 0 radical (unpaired) electrons. The topological polar surface area (TPSA) is 55.1 Å². The molecule has 2 rings (SSSR count). The van der Waals surface area contributed by atoms with Crippen molar-refractivity contribution in [2.24, 2.45) is 0 Å². The Hall–Kier alpha value is -2.57. The number of nitrogens with two attached hydrogens (primary N) is 1. The fourth-order valence-corrected chi connectivity index (χ4v) is 1.68. The Morgan fingerprint density at radius 1 is 1.10 bits per heavy atom. The molecule has 0 aliphatic carbocycles. The van der Waals surface area contributed by atoms with Crippen LogP contribution in [0, 0.1) is 5.82 Å².